The summed E-state index contributed by atoms with van der Waals surface area (Å²) in [7, 11) is 0. The Labute approximate surface area is 355 Å². The van der Waals surface area contributed by atoms with Crippen LogP contribution >= 0.6 is 35.6 Å². The number of nitrogens with one attached hydrogen (secondary N) is 3. The lowest BCUT2D eigenvalue weighted by molar-refractivity contribution is 0.0980. The zero-order valence-corrected chi connectivity index (χ0v) is 33.9. The minimum Gasteiger partial charge on any atom is -0.466 e. The summed E-state index contributed by atoms with van der Waals surface area (Å²) in [6.45, 7) is 7.00. The van der Waals surface area contributed by atoms with Crippen molar-refractivity contribution in [1.82, 2.24) is 19.9 Å². The van der Waals surface area contributed by atoms with Crippen molar-refractivity contribution in [1.29, 1.82) is 0 Å². The number of hydrogen-bond donors (Lipinski definition) is 3. The molecule has 0 spiro atoms. The topological polar surface area (TPSA) is 189 Å². The van der Waals surface area contributed by atoms with Crippen LogP contribution in [-0.2, 0) is 0 Å². The van der Waals surface area contributed by atoms with Crippen molar-refractivity contribution in [3.05, 3.63) is 168 Å². The standard InChI is InChI=1S/C22H14N2O4S.C15H8N2O2S.C7H7ClO2.CH4/c1-10-9-15(11(2)28-10)21(27)29-22-23-16-8-7-14-17(18(16)24-22)20(26)13-6-4-3-5-12(13)19(14)25;18-13-7-3-1-2-4-8(7)14(19)11-9(13)5-6-10-12(11)17-15(20)16-10;1-4-3-6(7(8)9)5(2)10-4;/h3-9H,1-2H3,(H,23,24);1-6H,(H2,16,17,20);3H,1-2H3;1H4. The molecule has 2 aliphatic carbocycles. The number of ketones is 4. The zero-order chi connectivity index (χ0) is 41.9. The van der Waals surface area contributed by atoms with E-state index in [2.05, 4.69) is 19.9 Å². The fourth-order valence-corrected chi connectivity index (χ4v) is 8.35. The minimum absolute atomic E-state index is 0. The molecule has 0 saturated heterocycles. The van der Waals surface area contributed by atoms with E-state index in [0.717, 1.165) is 17.3 Å². The number of rotatable bonds is 3. The van der Waals surface area contributed by atoms with Crippen LogP contribution in [-0.4, -0.2) is 53.4 Å². The van der Waals surface area contributed by atoms with Gasteiger partial charge in [-0.25, -0.2) is 4.98 Å². The summed E-state index contributed by atoms with van der Waals surface area (Å²) in [6.07, 6.45) is 0. The first-order valence-electron chi connectivity index (χ1n) is 17.9. The molecule has 0 radical (unpaired) electrons. The maximum atomic E-state index is 13.1. The van der Waals surface area contributed by atoms with Crippen LogP contribution in [0.2, 0.25) is 0 Å². The highest BCUT2D eigenvalue weighted by Gasteiger charge is 2.33. The molecule has 300 valence electrons. The van der Waals surface area contributed by atoms with Crippen molar-refractivity contribution in [3.63, 3.8) is 0 Å². The van der Waals surface area contributed by atoms with Gasteiger partial charge < -0.3 is 23.8 Å². The lowest BCUT2D eigenvalue weighted by atomic mass is 9.83. The van der Waals surface area contributed by atoms with E-state index in [9.17, 15) is 28.8 Å². The molecule has 10 rings (SSSR count). The Kier molecular flexibility index (Phi) is 11.1. The summed E-state index contributed by atoms with van der Waals surface area (Å²) in [5, 5.41) is -0.315. The van der Waals surface area contributed by atoms with Gasteiger partial charge in [-0.3, -0.25) is 28.8 Å². The molecule has 0 saturated carbocycles. The number of nitrogens with zero attached hydrogens (tertiary/aromatic N) is 1. The highest BCUT2D eigenvalue weighted by molar-refractivity contribution is 8.14. The lowest BCUT2D eigenvalue weighted by Crippen LogP contribution is -2.21. The van der Waals surface area contributed by atoms with Crippen molar-refractivity contribution in [2.75, 3.05) is 0 Å². The third-order valence-corrected chi connectivity index (χ3v) is 11.0. The lowest BCUT2D eigenvalue weighted by Gasteiger charge is -2.17. The van der Waals surface area contributed by atoms with Crippen LogP contribution < -0.4 is 0 Å². The van der Waals surface area contributed by atoms with Gasteiger partial charge in [0.25, 0.3) is 5.24 Å². The predicted octanol–water partition coefficient (Wildman–Crippen LogP) is 10.4. The Morgan fingerprint density at radius 1 is 0.617 bits per heavy atom. The highest BCUT2D eigenvalue weighted by Crippen LogP contribution is 2.34. The molecule has 0 fully saturated rings. The largest absolute Gasteiger partial charge is 0.466 e. The van der Waals surface area contributed by atoms with E-state index in [1.165, 1.54) is 0 Å². The molecule has 0 amide bonds. The summed E-state index contributed by atoms with van der Waals surface area (Å²) in [6, 6.07) is 23.7. The number of benzene rings is 4. The smallest absolute Gasteiger partial charge is 0.255 e. The van der Waals surface area contributed by atoms with Gasteiger partial charge in [-0.05, 0) is 99.7 Å². The average molecular weight is 857 g/mol. The van der Waals surface area contributed by atoms with Gasteiger partial charge in [0, 0.05) is 33.4 Å². The fraction of sp³-hybridized carbons (Fsp3) is 0.111. The summed E-state index contributed by atoms with van der Waals surface area (Å²) >= 11 is 11.2. The number of furan rings is 2. The van der Waals surface area contributed by atoms with Crippen LogP contribution in [0.4, 0.5) is 0 Å². The normalized spacial score (nSPS) is 12.3. The van der Waals surface area contributed by atoms with Crippen molar-refractivity contribution in [2.24, 2.45) is 0 Å². The molecule has 0 unspecified atom stereocenters. The number of aromatic nitrogens is 4. The van der Waals surface area contributed by atoms with Gasteiger partial charge in [-0.15, -0.1) is 0 Å². The maximum Gasteiger partial charge on any atom is 0.255 e. The number of aromatic amines is 3. The number of carbonyl (C=O) groups is 6. The molecule has 60 heavy (non-hydrogen) atoms. The van der Waals surface area contributed by atoms with Gasteiger partial charge in [0.2, 0.25) is 5.12 Å². The predicted molar refractivity (Wildman–Crippen MR) is 230 cm³/mol. The molecule has 4 aromatic heterocycles. The molecule has 12 nitrogen and oxygen atoms in total. The van der Waals surface area contributed by atoms with E-state index in [4.69, 9.17) is 32.7 Å². The number of halogens is 1. The number of hydrogen-bond acceptors (Lipinski definition) is 11. The van der Waals surface area contributed by atoms with E-state index in [-0.39, 0.29) is 41.2 Å². The molecular weight excluding hydrogens is 824 g/mol. The van der Waals surface area contributed by atoms with Crippen molar-refractivity contribution in [2.45, 2.75) is 40.3 Å². The average Bonchev–Trinajstić information content (AvgIpc) is 3.99. The Morgan fingerprint density at radius 3 is 1.60 bits per heavy atom. The van der Waals surface area contributed by atoms with Crippen molar-refractivity contribution < 1.29 is 37.6 Å². The van der Waals surface area contributed by atoms with Gasteiger partial charge in [-0.1, -0.05) is 56.0 Å². The first-order chi connectivity index (χ1) is 28.2. The number of aryl methyl sites for hydroxylation is 4. The monoisotopic (exact) mass is 856 g/mol. The van der Waals surface area contributed by atoms with Crippen molar-refractivity contribution >= 4 is 91.1 Å². The molecule has 0 aliphatic heterocycles. The molecule has 2 aliphatic rings. The van der Waals surface area contributed by atoms with Crippen LogP contribution in [0.5, 0.6) is 0 Å². The fourth-order valence-electron chi connectivity index (χ4n) is 7.17. The quantitative estimate of drug-likeness (QED) is 0.0871. The van der Waals surface area contributed by atoms with E-state index >= 15 is 0 Å². The Hall–Kier alpha value is -6.74. The van der Waals surface area contributed by atoms with Crippen LogP contribution in [0.25, 0.3) is 22.1 Å². The Morgan fingerprint density at radius 2 is 1.10 bits per heavy atom. The molecular formula is C45H33ClN4O8S2. The van der Waals surface area contributed by atoms with E-state index < -0.39 is 5.24 Å². The second kappa shape index (κ2) is 16.1. The van der Waals surface area contributed by atoms with E-state index in [1.807, 2.05) is 0 Å². The van der Waals surface area contributed by atoms with Crippen LogP contribution in [0.15, 0.2) is 98.9 Å². The Bertz CT molecular complexity index is 3200. The van der Waals surface area contributed by atoms with Gasteiger partial charge >= 0.3 is 0 Å². The molecule has 3 N–H and O–H groups in total. The Balaban J connectivity index is 0.000000152. The minimum atomic E-state index is -0.464. The van der Waals surface area contributed by atoms with Crippen LogP contribution in [0, 0.1) is 32.5 Å². The first-order valence-corrected chi connectivity index (χ1v) is 19.5. The van der Waals surface area contributed by atoms with Crippen LogP contribution in [0.3, 0.4) is 0 Å². The second-order valence-corrected chi connectivity index (χ2v) is 15.4. The van der Waals surface area contributed by atoms with E-state index in [0.29, 0.717) is 99.6 Å². The summed E-state index contributed by atoms with van der Waals surface area (Å²) in [4.78, 5) is 87.7. The molecule has 4 heterocycles. The zero-order valence-electron chi connectivity index (χ0n) is 31.5. The number of carbonyl (C=O) groups excluding carboxylic acids is 6. The number of thioether (sulfide) groups is 1. The third kappa shape index (κ3) is 7.29. The van der Waals surface area contributed by atoms with Gasteiger partial charge in [-0.2, -0.15) is 0 Å². The number of imidazole rings is 2. The molecule has 15 heteroatoms. The second-order valence-electron chi connectivity index (χ2n) is 13.6. The van der Waals surface area contributed by atoms with Gasteiger partial charge in [0.15, 0.2) is 33.1 Å². The van der Waals surface area contributed by atoms with Gasteiger partial charge in [0.05, 0.1) is 38.8 Å². The number of H-pyrrole nitrogens is 3. The molecule has 0 bridgehead atoms. The maximum absolute atomic E-state index is 13.1. The summed E-state index contributed by atoms with van der Waals surface area (Å²) < 4.78 is 10.9. The van der Waals surface area contributed by atoms with Crippen molar-refractivity contribution in [3.8, 4) is 0 Å². The third-order valence-electron chi connectivity index (χ3n) is 9.80. The number of fused-ring (bicyclic) bond motifs is 8. The SMILES string of the molecule is C.Cc1cc(C(=O)Cl)c(C)o1.Cc1cc(C(=O)Sc2nc3c4c(ccc3[nH]2)C(=O)c2ccccc2C4=O)c(C)o1.O=C1c2ccccc2C(=O)c2c1ccc1[nH]c(=S)[nH]c21. The first kappa shape index (κ1) is 41.4. The summed E-state index contributed by atoms with van der Waals surface area (Å²) in [5.41, 5.74) is 6.36. The van der Waals surface area contributed by atoms with Gasteiger partial charge in [0.1, 0.15) is 28.6 Å². The van der Waals surface area contributed by atoms with Crippen LogP contribution in [0.1, 0.15) is 115 Å². The summed E-state index contributed by atoms with van der Waals surface area (Å²) in [5.74, 6) is 1.78. The van der Waals surface area contributed by atoms with E-state index in [1.54, 1.807) is 113 Å². The molecule has 0 atom stereocenters. The molecule has 4 aromatic carbocycles. The molecule has 8 aromatic rings. The highest BCUT2D eigenvalue weighted by atomic mass is 35.5.